The molecule has 0 amide bonds. The van der Waals surface area contributed by atoms with Crippen molar-refractivity contribution in [1.82, 2.24) is 5.16 Å². The van der Waals surface area contributed by atoms with Crippen molar-refractivity contribution < 1.29 is 9.26 Å². The van der Waals surface area contributed by atoms with Crippen molar-refractivity contribution >= 4 is 0 Å². The topological polar surface area (TPSA) is 59.1 Å². The van der Waals surface area contributed by atoms with Gasteiger partial charge in [-0.3, -0.25) is 0 Å². The molecule has 0 unspecified atom stereocenters. The summed E-state index contributed by atoms with van der Waals surface area (Å²) in [5, 5.41) is 11.8. The van der Waals surface area contributed by atoms with Crippen molar-refractivity contribution in [2.45, 2.75) is 6.42 Å². The van der Waals surface area contributed by atoms with Crippen LogP contribution < -0.4 is 4.74 Å². The molecular formula is C6H6N2O2. The Morgan fingerprint density at radius 1 is 1.90 bits per heavy atom. The monoisotopic (exact) mass is 138 g/mol. The molecule has 0 bridgehead atoms. The fraction of sp³-hybridized carbons (Fsp3) is 0.333. The van der Waals surface area contributed by atoms with Gasteiger partial charge in [0.25, 0.3) is 0 Å². The Morgan fingerprint density at radius 2 is 2.70 bits per heavy atom. The third-order valence-electron chi connectivity index (χ3n) is 1.07. The van der Waals surface area contributed by atoms with Gasteiger partial charge < -0.3 is 9.26 Å². The molecule has 1 heterocycles. The Bertz CT molecular complexity index is 248. The van der Waals surface area contributed by atoms with Crippen LogP contribution in [-0.4, -0.2) is 12.3 Å². The molecule has 0 saturated carbocycles. The second-order valence-electron chi connectivity index (χ2n) is 1.66. The van der Waals surface area contributed by atoms with Gasteiger partial charge in [0.15, 0.2) is 12.0 Å². The number of aromatic nitrogens is 1. The van der Waals surface area contributed by atoms with E-state index >= 15 is 0 Å². The van der Waals surface area contributed by atoms with E-state index in [2.05, 4.69) is 9.68 Å². The van der Waals surface area contributed by atoms with Crippen LogP contribution in [-0.2, 0) is 6.42 Å². The number of methoxy groups -OCH3 is 1. The zero-order chi connectivity index (χ0) is 7.40. The predicted molar refractivity (Wildman–Crippen MR) is 32.4 cm³/mol. The quantitative estimate of drug-likeness (QED) is 0.605. The van der Waals surface area contributed by atoms with Gasteiger partial charge in [-0.25, -0.2) is 0 Å². The summed E-state index contributed by atoms with van der Waals surface area (Å²) in [4.78, 5) is 0. The molecule has 0 aliphatic rings. The van der Waals surface area contributed by atoms with Crippen LogP contribution in [0.2, 0.25) is 0 Å². The van der Waals surface area contributed by atoms with Gasteiger partial charge in [0, 0.05) is 0 Å². The summed E-state index contributed by atoms with van der Waals surface area (Å²) in [7, 11) is 1.51. The Labute approximate surface area is 58.0 Å². The molecule has 4 heteroatoms. The predicted octanol–water partition coefficient (Wildman–Crippen LogP) is 0.749. The largest absolute Gasteiger partial charge is 0.491 e. The lowest BCUT2D eigenvalue weighted by atomic mass is 10.3. The minimum Gasteiger partial charge on any atom is -0.491 e. The summed E-state index contributed by atoms with van der Waals surface area (Å²) in [6.07, 6.45) is 1.59. The second kappa shape index (κ2) is 2.87. The normalized spacial score (nSPS) is 8.80. The summed E-state index contributed by atoms with van der Waals surface area (Å²) in [6, 6.07) is 1.94. The van der Waals surface area contributed by atoms with Gasteiger partial charge in [0.05, 0.1) is 19.6 Å². The maximum Gasteiger partial charge on any atom is 0.182 e. The lowest BCUT2D eigenvalue weighted by Gasteiger charge is -1.91. The van der Waals surface area contributed by atoms with E-state index in [1.807, 2.05) is 6.07 Å². The summed E-state index contributed by atoms with van der Waals surface area (Å²) in [5.41, 5.74) is 0.546. The van der Waals surface area contributed by atoms with Crippen LogP contribution in [0.4, 0.5) is 0 Å². The van der Waals surface area contributed by atoms with E-state index < -0.39 is 0 Å². The van der Waals surface area contributed by atoms with Gasteiger partial charge in [0.2, 0.25) is 0 Å². The highest BCUT2D eigenvalue weighted by molar-refractivity contribution is 5.24. The molecule has 52 valence electrons. The SMILES string of the molecule is COc1conc1CC#N. The van der Waals surface area contributed by atoms with Gasteiger partial charge in [-0.2, -0.15) is 5.26 Å². The van der Waals surface area contributed by atoms with E-state index in [0.29, 0.717) is 11.4 Å². The zero-order valence-electron chi connectivity index (χ0n) is 5.50. The maximum absolute atomic E-state index is 8.27. The van der Waals surface area contributed by atoms with Gasteiger partial charge in [-0.05, 0) is 0 Å². The fourth-order valence-electron chi connectivity index (χ4n) is 0.611. The van der Waals surface area contributed by atoms with Crippen LogP contribution in [0.3, 0.4) is 0 Å². The lowest BCUT2D eigenvalue weighted by Crippen LogP contribution is -1.87. The first-order valence-electron chi connectivity index (χ1n) is 2.72. The smallest absolute Gasteiger partial charge is 0.182 e. The van der Waals surface area contributed by atoms with Gasteiger partial charge >= 0.3 is 0 Å². The molecule has 4 nitrogen and oxygen atoms in total. The first-order valence-corrected chi connectivity index (χ1v) is 2.72. The summed E-state index contributed by atoms with van der Waals surface area (Å²) in [5.74, 6) is 0.529. The van der Waals surface area contributed by atoms with Crippen LogP contribution in [0.1, 0.15) is 5.69 Å². The molecule has 0 aliphatic heterocycles. The highest BCUT2D eigenvalue weighted by atomic mass is 16.5. The Morgan fingerprint density at radius 3 is 3.30 bits per heavy atom. The second-order valence-corrected chi connectivity index (χ2v) is 1.66. The Kier molecular flexibility index (Phi) is 1.90. The minimum absolute atomic E-state index is 0.222. The number of hydrogen-bond acceptors (Lipinski definition) is 4. The van der Waals surface area contributed by atoms with Crippen LogP contribution in [0.5, 0.6) is 5.75 Å². The first kappa shape index (κ1) is 6.62. The highest BCUT2D eigenvalue weighted by Gasteiger charge is 2.05. The summed E-state index contributed by atoms with van der Waals surface area (Å²) >= 11 is 0. The van der Waals surface area contributed by atoms with E-state index in [9.17, 15) is 0 Å². The standard InChI is InChI=1S/C6H6N2O2/c1-9-6-4-10-8-5(6)2-3-7/h4H,2H2,1H3. The van der Waals surface area contributed by atoms with Crippen molar-refractivity contribution in [2.75, 3.05) is 7.11 Å². The van der Waals surface area contributed by atoms with Crippen molar-refractivity contribution in [2.24, 2.45) is 0 Å². The number of nitrogens with zero attached hydrogens (tertiary/aromatic N) is 2. The Balaban J connectivity index is 2.82. The minimum atomic E-state index is 0.222. The average Bonchev–Trinajstić information content (AvgIpc) is 2.36. The van der Waals surface area contributed by atoms with E-state index in [0.717, 1.165) is 0 Å². The molecule has 1 aromatic heterocycles. The summed E-state index contributed by atoms with van der Waals surface area (Å²) in [6.45, 7) is 0. The van der Waals surface area contributed by atoms with Crippen LogP contribution in [0.15, 0.2) is 10.8 Å². The van der Waals surface area contributed by atoms with Crippen LogP contribution in [0.25, 0.3) is 0 Å². The number of ether oxygens (including phenoxy) is 1. The van der Waals surface area contributed by atoms with Crippen LogP contribution >= 0.6 is 0 Å². The molecule has 1 rings (SSSR count). The molecule has 0 aliphatic carbocycles. The fourth-order valence-corrected chi connectivity index (χ4v) is 0.611. The third-order valence-corrected chi connectivity index (χ3v) is 1.07. The highest BCUT2D eigenvalue weighted by Crippen LogP contribution is 2.15. The molecule has 0 N–H and O–H groups in total. The maximum atomic E-state index is 8.27. The average molecular weight is 138 g/mol. The van der Waals surface area contributed by atoms with Crippen LogP contribution in [0, 0.1) is 11.3 Å². The first-order chi connectivity index (χ1) is 4.88. The summed E-state index contributed by atoms with van der Waals surface area (Å²) < 4.78 is 9.39. The van der Waals surface area contributed by atoms with Crippen molar-refractivity contribution in [3.05, 3.63) is 12.0 Å². The van der Waals surface area contributed by atoms with E-state index in [1.165, 1.54) is 13.4 Å². The molecule has 10 heavy (non-hydrogen) atoms. The molecule has 0 atom stereocenters. The number of nitriles is 1. The molecule has 0 aromatic carbocycles. The van der Waals surface area contributed by atoms with E-state index in [1.54, 1.807) is 0 Å². The van der Waals surface area contributed by atoms with Gasteiger partial charge in [-0.15, -0.1) is 0 Å². The number of hydrogen-bond donors (Lipinski definition) is 0. The molecule has 0 saturated heterocycles. The molecular weight excluding hydrogens is 132 g/mol. The zero-order valence-corrected chi connectivity index (χ0v) is 5.50. The molecule has 0 radical (unpaired) electrons. The van der Waals surface area contributed by atoms with Crippen molar-refractivity contribution in [3.63, 3.8) is 0 Å². The van der Waals surface area contributed by atoms with Crippen molar-refractivity contribution in [3.8, 4) is 11.8 Å². The van der Waals surface area contributed by atoms with Gasteiger partial charge in [-0.1, -0.05) is 5.16 Å². The number of rotatable bonds is 2. The van der Waals surface area contributed by atoms with Crippen molar-refractivity contribution in [1.29, 1.82) is 5.26 Å². The van der Waals surface area contributed by atoms with E-state index in [-0.39, 0.29) is 6.42 Å². The molecule has 0 spiro atoms. The van der Waals surface area contributed by atoms with Gasteiger partial charge in [0.1, 0.15) is 5.69 Å². The lowest BCUT2D eigenvalue weighted by molar-refractivity contribution is 0.390. The molecule has 0 fully saturated rings. The molecule has 1 aromatic rings. The Hall–Kier alpha value is -1.50. The van der Waals surface area contributed by atoms with E-state index in [4.69, 9.17) is 10.00 Å². The third kappa shape index (κ3) is 1.08.